The van der Waals surface area contributed by atoms with Crippen molar-refractivity contribution >= 4 is 5.91 Å². The number of aryl methyl sites for hydroxylation is 1. The number of nitrogens with zero attached hydrogens (tertiary/aromatic N) is 2. The molecule has 0 aliphatic carbocycles. The third-order valence-electron chi connectivity index (χ3n) is 5.33. The van der Waals surface area contributed by atoms with Crippen LogP contribution in [0.5, 0.6) is 0 Å². The van der Waals surface area contributed by atoms with E-state index in [-0.39, 0.29) is 5.91 Å². The summed E-state index contributed by atoms with van der Waals surface area (Å²) in [5, 5.41) is 7.66. The van der Waals surface area contributed by atoms with Crippen LogP contribution in [0.2, 0.25) is 0 Å². The molecule has 3 aromatic carbocycles. The quantitative estimate of drug-likeness (QED) is 0.499. The maximum atomic E-state index is 12.6. The van der Waals surface area contributed by atoms with Crippen LogP contribution >= 0.6 is 0 Å². The average molecular weight is 396 g/mol. The lowest BCUT2D eigenvalue weighted by Gasteiger charge is -2.08. The highest BCUT2D eigenvalue weighted by atomic mass is 16.1. The van der Waals surface area contributed by atoms with Crippen LogP contribution in [-0.4, -0.2) is 15.7 Å². The molecule has 4 rings (SSSR count). The van der Waals surface area contributed by atoms with E-state index in [0.29, 0.717) is 13.0 Å². The molecule has 0 atom stereocenters. The van der Waals surface area contributed by atoms with Gasteiger partial charge in [-0.05, 0) is 42.7 Å². The summed E-state index contributed by atoms with van der Waals surface area (Å²) in [5.74, 6) is 0.000877. The highest BCUT2D eigenvalue weighted by molar-refractivity contribution is 5.79. The van der Waals surface area contributed by atoms with Crippen LogP contribution in [0.3, 0.4) is 0 Å². The Balaban J connectivity index is 1.39. The Morgan fingerprint density at radius 2 is 1.43 bits per heavy atom. The first-order chi connectivity index (χ1) is 14.6. The molecule has 1 amide bonds. The molecule has 0 saturated carbocycles. The number of hydrogen-bond donors (Lipinski definition) is 1. The number of para-hydroxylation sites is 1. The zero-order chi connectivity index (χ0) is 20.9. The predicted octanol–water partition coefficient (Wildman–Crippen LogP) is 5.02. The Morgan fingerprint density at radius 1 is 0.833 bits per heavy atom. The molecule has 0 spiro atoms. The van der Waals surface area contributed by atoms with Gasteiger partial charge in [-0.2, -0.15) is 5.10 Å². The largest absolute Gasteiger partial charge is 0.352 e. The van der Waals surface area contributed by atoms with Gasteiger partial charge in [0.15, 0.2) is 0 Å². The fraction of sp³-hybridized carbons (Fsp3) is 0.154. The van der Waals surface area contributed by atoms with Crippen molar-refractivity contribution in [2.75, 3.05) is 0 Å². The molecule has 1 N–H and O–H groups in total. The van der Waals surface area contributed by atoms with Crippen molar-refractivity contribution in [3.63, 3.8) is 0 Å². The van der Waals surface area contributed by atoms with E-state index < -0.39 is 0 Å². The Bertz CT molecular complexity index is 1130. The number of carbonyl (C=O) groups is 1. The van der Waals surface area contributed by atoms with E-state index in [1.807, 2.05) is 67.1 Å². The predicted molar refractivity (Wildman–Crippen MR) is 120 cm³/mol. The Hall–Kier alpha value is -3.66. The van der Waals surface area contributed by atoms with E-state index in [2.05, 4.69) is 46.8 Å². The Kier molecular flexibility index (Phi) is 5.75. The summed E-state index contributed by atoms with van der Waals surface area (Å²) in [6, 6.07) is 28.6. The molecule has 4 aromatic rings. The summed E-state index contributed by atoms with van der Waals surface area (Å²) in [4.78, 5) is 12.6. The number of hydrogen-bond acceptors (Lipinski definition) is 2. The van der Waals surface area contributed by atoms with Crippen LogP contribution in [0.25, 0.3) is 16.8 Å². The minimum absolute atomic E-state index is 0.000877. The second-order valence-electron chi connectivity index (χ2n) is 7.41. The summed E-state index contributed by atoms with van der Waals surface area (Å²) in [7, 11) is 0. The van der Waals surface area contributed by atoms with E-state index in [0.717, 1.165) is 28.2 Å². The van der Waals surface area contributed by atoms with Gasteiger partial charge in [-0.15, -0.1) is 0 Å². The fourth-order valence-corrected chi connectivity index (χ4v) is 3.62. The highest BCUT2D eigenvalue weighted by Crippen LogP contribution is 2.20. The zero-order valence-corrected chi connectivity index (χ0v) is 17.3. The van der Waals surface area contributed by atoms with E-state index in [1.165, 1.54) is 11.1 Å². The van der Waals surface area contributed by atoms with Crippen molar-refractivity contribution < 1.29 is 4.79 Å². The Labute approximate surface area is 177 Å². The van der Waals surface area contributed by atoms with Gasteiger partial charge < -0.3 is 5.32 Å². The zero-order valence-electron chi connectivity index (χ0n) is 17.3. The van der Waals surface area contributed by atoms with Crippen LogP contribution < -0.4 is 5.32 Å². The number of amides is 1. The average Bonchev–Trinajstić information content (AvgIpc) is 3.07. The lowest BCUT2D eigenvalue weighted by atomic mass is 10.0. The Morgan fingerprint density at radius 3 is 2.10 bits per heavy atom. The summed E-state index contributed by atoms with van der Waals surface area (Å²) < 4.78 is 1.90. The molecule has 4 nitrogen and oxygen atoms in total. The summed E-state index contributed by atoms with van der Waals surface area (Å²) in [6.07, 6.45) is 0.326. The molecular formula is C26H25N3O. The first kappa shape index (κ1) is 19.6. The molecule has 1 aromatic heterocycles. The first-order valence-electron chi connectivity index (χ1n) is 10.1. The lowest BCUT2D eigenvalue weighted by molar-refractivity contribution is -0.120. The van der Waals surface area contributed by atoms with Gasteiger partial charge in [0.2, 0.25) is 5.91 Å². The van der Waals surface area contributed by atoms with Gasteiger partial charge in [0, 0.05) is 17.8 Å². The number of rotatable bonds is 6. The van der Waals surface area contributed by atoms with E-state index in [9.17, 15) is 4.79 Å². The van der Waals surface area contributed by atoms with Crippen molar-refractivity contribution in [2.24, 2.45) is 0 Å². The van der Waals surface area contributed by atoms with Crippen molar-refractivity contribution in [3.05, 3.63) is 107 Å². The molecule has 0 aliphatic heterocycles. The van der Waals surface area contributed by atoms with E-state index in [4.69, 9.17) is 0 Å². The van der Waals surface area contributed by atoms with Crippen molar-refractivity contribution in [1.29, 1.82) is 0 Å². The molecule has 0 unspecified atom stereocenters. The van der Waals surface area contributed by atoms with Gasteiger partial charge >= 0.3 is 0 Å². The maximum absolute atomic E-state index is 12.6. The number of carbonyl (C=O) groups excluding carboxylic acids is 1. The van der Waals surface area contributed by atoms with Gasteiger partial charge in [0.25, 0.3) is 0 Å². The molecule has 4 heteroatoms. The molecule has 0 radical (unpaired) electrons. The summed E-state index contributed by atoms with van der Waals surface area (Å²) in [6.45, 7) is 4.48. The van der Waals surface area contributed by atoms with Gasteiger partial charge in [0.05, 0.1) is 17.8 Å². The monoisotopic (exact) mass is 395 g/mol. The number of nitrogens with one attached hydrogen (secondary N) is 1. The standard InChI is InChI=1S/C26H25N3O/c1-19-25(20(2)29(28-19)24-11-7-4-8-12-24)17-26(30)27-18-21-13-15-23(16-14-21)22-9-5-3-6-10-22/h3-16H,17-18H2,1-2H3,(H,27,30). The van der Waals surface area contributed by atoms with Crippen molar-refractivity contribution in [1.82, 2.24) is 15.1 Å². The minimum atomic E-state index is 0.000877. The minimum Gasteiger partial charge on any atom is -0.352 e. The molecule has 0 bridgehead atoms. The van der Waals surface area contributed by atoms with Gasteiger partial charge in [0.1, 0.15) is 0 Å². The second-order valence-corrected chi connectivity index (χ2v) is 7.41. The van der Waals surface area contributed by atoms with Crippen LogP contribution in [0, 0.1) is 13.8 Å². The molecule has 0 fully saturated rings. The summed E-state index contributed by atoms with van der Waals surface area (Å²) >= 11 is 0. The maximum Gasteiger partial charge on any atom is 0.224 e. The van der Waals surface area contributed by atoms with E-state index >= 15 is 0 Å². The van der Waals surface area contributed by atoms with Crippen LogP contribution in [0.4, 0.5) is 0 Å². The van der Waals surface area contributed by atoms with Crippen LogP contribution in [0.1, 0.15) is 22.5 Å². The third-order valence-corrected chi connectivity index (χ3v) is 5.33. The molecule has 150 valence electrons. The number of aromatic nitrogens is 2. The molecule has 30 heavy (non-hydrogen) atoms. The molecule has 0 aliphatic rings. The van der Waals surface area contributed by atoms with Crippen molar-refractivity contribution in [3.8, 4) is 16.8 Å². The third kappa shape index (κ3) is 4.33. The number of benzene rings is 3. The van der Waals surface area contributed by atoms with Gasteiger partial charge in [-0.3, -0.25) is 4.79 Å². The fourth-order valence-electron chi connectivity index (χ4n) is 3.62. The summed E-state index contributed by atoms with van der Waals surface area (Å²) in [5.41, 5.74) is 7.31. The van der Waals surface area contributed by atoms with Gasteiger partial charge in [-0.1, -0.05) is 72.8 Å². The first-order valence-corrected chi connectivity index (χ1v) is 10.1. The topological polar surface area (TPSA) is 46.9 Å². The normalized spacial score (nSPS) is 10.7. The van der Waals surface area contributed by atoms with Crippen LogP contribution in [0.15, 0.2) is 84.9 Å². The van der Waals surface area contributed by atoms with Crippen LogP contribution in [-0.2, 0) is 17.8 Å². The highest BCUT2D eigenvalue weighted by Gasteiger charge is 2.15. The van der Waals surface area contributed by atoms with Gasteiger partial charge in [-0.25, -0.2) is 4.68 Å². The molecular weight excluding hydrogens is 370 g/mol. The lowest BCUT2D eigenvalue weighted by Crippen LogP contribution is -2.25. The SMILES string of the molecule is Cc1nn(-c2ccccc2)c(C)c1CC(=O)NCc1ccc(-c2ccccc2)cc1. The van der Waals surface area contributed by atoms with Crippen molar-refractivity contribution in [2.45, 2.75) is 26.8 Å². The molecule has 1 heterocycles. The second kappa shape index (κ2) is 8.78. The van der Waals surface area contributed by atoms with E-state index in [1.54, 1.807) is 0 Å². The molecule has 0 saturated heterocycles. The smallest absolute Gasteiger partial charge is 0.224 e.